The molecule has 0 aliphatic carbocycles. The average Bonchev–Trinajstić information content (AvgIpc) is 2.64. The van der Waals surface area contributed by atoms with Crippen molar-refractivity contribution in [3.05, 3.63) is 12.0 Å². The maximum Gasteiger partial charge on any atom is 0.235 e. The van der Waals surface area contributed by atoms with Gasteiger partial charge in [0.05, 0.1) is 0 Å². The molecule has 0 saturated carbocycles. The molecule has 2 saturated heterocycles. The highest BCUT2D eigenvalue weighted by Gasteiger charge is 2.43. The van der Waals surface area contributed by atoms with Crippen LogP contribution in [0.1, 0.15) is 6.42 Å². The Kier molecular flexibility index (Phi) is 1.97. The highest BCUT2D eigenvalue weighted by molar-refractivity contribution is 8.00. The van der Waals surface area contributed by atoms with E-state index in [9.17, 15) is 8.42 Å². The predicted octanol–water partition coefficient (Wildman–Crippen LogP) is 0.649. The zero-order valence-corrected chi connectivity index (χ0v) is 8.27. The third kappa shape index (κ3) is 1.20. The third-order valence-corrected chi connectivity index (χ3v) is 5.30. The van der Waals surface area contributed by atoms with Crippen LogP contribution >= 0.6 is 11.8 Å². The number of fused-ring (bicyclic) bond motifs is 2. The van der Waals surface area contributed by atoms with Crippen molar-refractivity contribution in [1.82, 2.24) is 4.31 Å². The van der Waals surface area contributed by atoms with Gasteiger partial charge in [0.1, 0.15) is 0 Å². The zero-order valence-electron chi connectivity index (χ0n) is 6.64. The summed E-state index contributed by atoms with van der Waals surface area (Å²) >= 11 is 1.88. The molecule has 0 amide bonds. The molecule has 5 heteroatoms. The Morgan fingerprint density at radius 1 is 1.58 bits per heavy atom. The van der Waals surface area contributed by atoms with E-state index in [0.29, 0.717) is 11.8 Å². The third-order valence-electron chi connectivity index (χ3n) is 2.39. The topological polar surface area (TPSA) is 37.4 Å². The van der Waals surface area contributed by atoms with Crippen molar-refractivity contribution in [1.29, 1.82) is 0 Å². The van der Waals surface area contributed by atoms with E-state index >= 15 is 0 Å². The molecule has 0 aromatic rings. The van der Waals surface area contributed by atoms with Crippen LogP contribution in [0.25, 0.3) is 0 Å². The van der Waals surface area contributed by atoms with Crippen LogP contribution in [0, 0.1) is 0 Å². The van der Waals surface area contributed by atoms with Gasteiger partial charge in [-0.15, -0.1) is 0 Å². The molecular formula is C7H11NO2S2. The Hall–Kier alpha value is -0.0000000000000000555. The summed E-state index contributed by atoms with van der Waals surface area (Å²) in [7, 11) is -3.14. The van der Waals surface area contributed by atoms with Crippen molar-refractivity contribution >= 4 is 21.8 Å². The molecule has 2 fully saturated rings. The van der Waals surface area contributed by atoms with Crippen LogP contribution in [0.2, 0.25) is 0 Å². The minimum Gasteiger partial charge on any atom is -0.208 e. The lowest BCUT2D eigenvalue weighted by Gasteiger charge is -2.23. The maximum absolute atomic E-state index is 11.4. The van der Waals surface area contributed by atoms with Gasteiger partial charge in [0.25, 0.3) is 0 Å². The first-order valence-corrected chi connectivity index (χ1v) is 6.44. The van der Waals surface area contributed by atoms with Gasteiger partial charge in [-0.1, -0.05) is 6.58 Å². The van der Waals surface area contributed by atoms with E-state index in [1.165, 1.54) is 0 Å². The Labute approximate surface area is 76.9 Å². The summed E-state index contributed by atoms with van der Waals surface area (Å²) < 4.78 is 24.4. The van der Waals surface area contributed by atoms with Crippen molar-refractivity contribution in [3.63, 3.8) is 0 Å². The van der Waals surface area contributed by atoms with Gasteiger partial charge in [0.2, 0.25) is 10.0 Å². The SMILES string of the molecule is C=CS(=O)(=O)N1CC2CC1CS2. The van der Waals surface area contributed by atoms with Gasteiger partial charge in [-0.05, 0) is 6.42 Å². The minimum atomic E-state index is -3.14. The van der Waals surface area contributed by atoms with Crippen molar-refractivity contribution in [3.8, 4) is 0 Å². The summed E-state index contributed by atoms with van der Waals surface area (Å²) in [5.41, 5.74) is 0. The van der Waals surface area contributed by atoms with E-state index < -0.39 is 10.0 Å². The van der Waals surface area contributed by atoms with Gasteiger partial charge in [-0.3, -0.25) is 0 Å². The summed E-state index contributed by atoms with van der Waals surface area (Å²) in [5, 5.41) is 1.59. The van der Waals surface area contributed by atoms with Crippen LogP contribution in [0.3, 0.4) is 0 Å². The summed E-state index contributed by atoms with van der Waals surface area (Å²) in [6.45, 7) is 4.01. The number of hydrogen-bond acceptors (Lipinski definition) is 3. The highest BCUT2D eigenvalue weighted by atomic mass is 32.2. The van der Waals surface area contributed by atoms with Crippen molar-refractivity contribution < 1.29 is 8.42 Å². The molecule has 12 heavy (non-hydrogen) atoms. The molecule has 0 aromatic heterocycles. The van der Waals surface area contributed by atoms with Crippen LogP contribution in [-0.2, 0) is 10.0 Å². The second-order valence-corrected chi connectivity index (χ2v) is 6.29. The van der Waals surface area contributed by atoms with Crippen LogP contribution in [0.4, 0.5) is 0 Å². The molecule has 2 unspecified atom stereocenters. The van der Waals surface area contributed by atoms with E-state index in [0.717, 1.165) is 17.6 Å². The van der Waals surface area contributed by atoms with E-state index in [4.69, 9.17) is 0 Å². The minimum absolute atomic E-state index is 0.239. The zero-order chi connectivity index (χ0) is 8.77. The lowest BCUT2D eigenvalue weighted by Crippen LogP contribution is -2.37. The Morgan fingerprint density at radius 3 is 2.75 bits per heavy atom. The number of hydrogen-bond donors (Lipinski definition) is 0. The second kappa shape index (κ2) is 2.75. The smallest absolute Gasteiger partial charge is 0.208 e. The number of nitrogens with zero attached hydrogens (tertiary/aromatic N) is 1. The molecule has 3 nitrogen and oxygen atoms in total. The molecule has 2 bridgehead atoms. The largest absolute Gasteiger partial charge is 0.235 e. The molecule has 2 rings (SSSR count). The second-order valence-electron chi connectivity index (χ2n) is 3.13. The van der Waals surface area contributed by atoms with E-state index in [-0.39, 0.29) is 6.04 Å². The molecule has 2 atom stereocenters. The Morgan fingerprint density at radius 2 is 2.33 bits per heavy atom. The molecule has 0 spiro atoms. The van der Waals surface area contributed by atoms with Crippen molar-refractivity contribution in [2.24, 2.45) is 0 Å². The van der Waals surface area contributed by atoms with Crippen molar-refractivity contribution in [2.45, 2.75) is 17.7 Å². The summed E-state index contributed by atoms with van der Waals surface area (Å²) in [5.74, 6) is 0.956. The van der Waals surface area contributed by atoms with Crippen LogP contribution in [0.15, 0.2) is 12.0 Å². The average molecular weight is 205 g/mol. The molecule has 0 aromatic carbocycles. The van der Waals surface area contributed by atoms with E-state index in [1.807, 2.05) is 11.8 Å². The Balaban J connectivity index is 2.23. The first-order chi connectivity index (χ1) is 5.63. The molecule has 0 N–H and O–H groups in total. The molecular weight excluding hydrogens is 194 g/mol. The van der Waals surface area contributed by atoms with E-state index in [2.05, 4.69) is 6.58 Å². The number of rotatable bonds is 2. The van der Waals surface area contributed by atoms with Crippen LogP contribution in [0.5, 0.6) is 0 Å². The lowest BCUT2D eigenvalue weighted by atomic mass is 10.3. The monoisotopic (exact) mass is 205 g/mol. The number of sulfonamides is 1. The number of thioether (sulfide) groups is 1. The first kappa shape index (κ1) is 8.59. The Bertz CT molecular complexity index is 299. The predicted molar refractivity (Wildman–Crippen MR) is 50.5 cm³/mol. The highest BCUT2D eigenvalue weighted by Crippen LogP contribution is 2.38. The molecule has 68 valence electrons. The fourth-order valence-corrected chi connectivity index (χ4v) is 4.55. The van der Waals surface area contributed by atoms with Gasteiger partial charge >= 0.3 is 0 Å². The molecule has 2 heterocycles. The fraction of sp³-hybridized carbons (Fsp3) is 0.714. The lowest BCUT2D eigenvalue weighted by molar-refractivity contribution is 0.416. The molecule has 0 radical (unpaired) electrons. The van der Waals surface area contributed by atoms with Crippen molar-refractivity contribution in [2.75, 3.05) is 12.3 Å². The maximum atomic E-state index is 11.4. The summed E-state index contributed by atoms with van der Waals surface area (Å²) in [4.78, 5) is 0. The summed E-state index contributed by atoms with van der Waals surface area (Å²) in [6.07, 6.45) is 1.03. The normalized spacial score (nSPS) is 35.7. The van der Waals surface area contributed by atoms with Gasteiger partial charge in [-0.2, -0.15) is 16.1 Å². The standard InChI is InChI=1S/C7H11NO2S2/c1-2-12(9,10)8-4-7-3-6(8)5-11-7/h2,6-7H,1,3-5H2. The van der Waals surface area contributed by atoms with E-state index in [1.54, 1.807) is 4.31 Å². The first-order valence-electron chi connectivity index (χ1n) is 3.89. The fourth-order valence-electron chi connectivity index (χ4n) is 1.77. The van der Waals surface area contributed by atoms with Gasteiger partial charge in [-0.25, -0.2) is 8.42 Å². The molecule has 2 aliphatic rings. The van der Waals surface area contributed by atoms with Crippen LogP contribution < -0.4 is 0 Å². The van der Waals surface area contributed by atoms with Gasteiger partial charge in [0, 0.05) is 29.0 Å². The summed E-state index contributed by atoms with van der Waals surface area (Å²) in [6, 6.07) is 0.239. The van der Waals surface area contributed by atoms with Gasteiger partial charge in [0.15, 0.2) is 0 Å². The van der Waals surface area contributed by atoms with Gasteiger partial charge < -0.3 is 0 Å². The molecule has 2 aliphatic heterocycles. The van der Waals surface area contributed by atoms with Crippen LogP contribution in [-0.4, -0.2) is 36.3 Å². The quantitative estimate of drug-likeness (QED) is 0.664.